The van der Waals surface area contributed by atoms with Crippen LogP contribution in [0.5, 0.6) is 0 Å². The molecule has 0 saturated carbocycles. The summed E-state index contributed by atoms with van der Waals surface area (Å²) in [6, 6.07) is 0. The molecule has 2 aliphatic heterocycles. The first kappa shape index (κ1) is 16.8. The third-order valence-corrected chi connectivity index (χ3v) is 4.67. The number of piperazine rings is 1. The molecule has 2 unspecified atom stereocenters. The van der Waals surface area contributed by atoms with E-state index in [1.807, 2.05) is 0 Å². The van der Waals surface area contributed by atoms with Gasteiger partial charge in [0.2, 0.25) is 5.91 Å². The van der Waals surface area contributed by atoms with Crippen molar-refractivity contribution in [2.24, 2.45) is 17.8 Å². The number of piperidine rings is 1. The van der Waals surface area contributed by atoms with E-state index in [0.717, 1.165) is 45.2 Å². The van der Waals surface area contributed by atoms with Crippen LogP contribution in [0.4, 0.5) is 0 Å². The van der Waals surface area contributed by atoms with Gasteiger partial charge in [-0.05, 0) is 24.2 Å². The summed E-state index contributed by atoms with van der Waals surface area (Å²) in [7, 11) is 0. The Balaban J connectivity index is 1.74. The van der Waals surface area contributed by atoms with Gasteiger partial charge >= 0.3 is 0 Å². The SMILES string of the molecule is CC(C)CN1CCN(CC(=O)N2CC(C)CC(C)C2)CC1. The summed E-state index contributed by atoms with van der Waals surface area (Å²) in [4.78, 5) is 19.4. The van der Waals surface area contributed by atoms with E-state index in [4.69, 9.17) is 0 Å². The Morgan fingerprint density at radius 1 is 1.00 bits per heavy atom. The summed E-state index contributed by atoms with van der Waals surface area (Å²) in [5, 5.41) is 0. The summed E-state index contributed by atoms with van der Waals surface area (Å²) < 4.78 is 0. The number of amides is 1. The van der Waals surface area contributed by atoms with E-state index in [0.29, 0.717) is 24.3 Å². The highest BCUT2D eigenvalue weighted by Crippen LogP contribution is 2.21. The van der Waals surface area contributed by atoms with E-state index in [-0.39, 0.29) is 0 Å². The van der Waals surface area contributed by atoms with E-state index in [9.17, 15) is 4.79 Å². The minimum Gasteiger partial charge on any atom is -0.341 e. The maximum absolute atomic E-state index is 12.5. The number of nitrogens with zero attached hydrogens (tertiary/aromatic N) is 3. The lowest BCUT2D eigenvalue weighted by Crippen LogP contribution is -2.52. The Kier molecular flexibility index (Phi) is 6.06. The molecule has 2 saturated heterocycles. The molecule has 4 heteroatoms. The molecular weight excluding hydrogens is 262 g/mol. The van der Waals surface area contributed by atoms with Crippen LogP contribution in [0.1, 0.15) is 34.1 Å². The smallest absolute Gasteiger partial charge is 0.236 e. The number of hydrogen-bond donors (Lipinski definition) is 0. The highest BCUT2D eigenvalue weighted by atomic mass is 16.2. The fraction of sp³-hybridized carbons (Fsp3) is 0.941. The Morgan fingerprint density at radius 2 is 1.52 bits per heavy atom. The van der Waals surface area contributed by atoms with E-state index in [1.165, 1.54) is 13.0 Å². The van der Waals surface area contributed by atoms with Gasteiger partial charge in [0.15, 0.2) is 0 Å². The second-order valence-electron chi connectivity index (χ2n) is 7.72. The first-order valence-electron chi connectivity index (χ1n) is 8.66. The Morgan fingerprint density at radius 3 is 2.05 bits per heavy atom. The summed E-state index contributed by atoms with van der Waals surface area (Å²) in [5.74, 6) is 2.38. The standard InChI is InChI=1S/C17H33N3O/c1-14(2)10-18-5-7-19(8-6-18)13-17(21)20-11-15(3)9-16(4)12-20/h14-16H,5-13H2,1-4H3. The van der Waals surface area contributed by atoms with Crippen molar-refractivity contribution >= 4 is 5.91 Å². The monoisotopic (exact) mass is 295 g/mol. The molecule has 2 atom stereocenters. The predicted molar refractivity (Wildman–Crippen MR) is 87.2 cm³/mol. The summed E-state index contributed by atoms with van der Waals surface area (Å²) in [6.45, 7) is 17.1. The molecule has 0 aromatic rings. The van der Waals surface area contributed by atoms with Crippen molar-refractivity contribution in [3.8, 4) is 0 Å². The van der Waals surface area contributed by atoms with Gasteiger partial charge in [-0.25, -0.2) is 0 Å². The number of hydrogen-bond acceptors (Lipinski definition) is 3. The van der Waals surface area contributed by atoms with E-state index >= 15 is 0 Å². The molecule has 2 heterocycles. The third-order valence-electron chi connectivity index (χ3n) is 4.67. The Labute approximate surface area is 130 Å². The molecule has 1 amide bonds. The molecular formula is C17H33N3O. The summed E-state index contributed by atoms with van der Waals surface area (Å²) in [5.41, 5.74) is 0. The van der Waals surface area contributed by atoms with Crippen LogP contribution in [0.3, 0.4) is 0 Å². The van der Waals surface area contributed by atoms with Gasteiger partial charge in [0, 0.05) is 45.8 Å². The molecule has 2 aliphatic rings. The lowest BCUT2D eigenvalue weighted by molar-refractivity contribution is -0.135. The van der Waals surface area contributed by atoms with Crippen LogP contribution in [-0.2, 0) is 4.79 Å². The average Bonchev–Trinajstić information content (AvgIpc) is 2.39. The zero-order valence-electron chi connectivity index (χ0n) is 14.3. The van der Waals surface area contributed by atoms with Gasteiger partial charge in [-0.1, -0.05) is 27.7 Å². The second-order valence-corrected chi connectivity index (χ2v) is 7.72. The number of carbonyl (C=O) groups excluding carboxylic acids is 1. The van der Waals surface area contributed by atoms with Gasteiger partial charge in [0.05, 0.1) is 6.54 Å². The zero-order valence-corrected chi connectivity index (χ0v) is 14.3. The fourth-order valence-corrected chi connectivity index (χ4v) is 3.80. The number of carbonyl (C=O) groups is 1. The van der Waals surface area contributed by atoms with Crippen LogP contribution in [0, 0.1) is 17.8 Å². The maximum atomic E-state index is 12.5. The number of rotatable bonds is 4. The maximum Gasteiger partial charge on any atom is 0.236 e. The molecule has 4 nitrogen and oxygen atoms in total. The van der Waals surface area contributed by atoms with Crippen molar-refractivity contribution in [2.75, 3.05) is 52.4 Å². The van der Waals surface area contributed by atoms with Crippen molar-refractivity contribution in [2.45, 2.75) is 34.1 Å². The first-order chi connectivity index (χ1) is 9.94. The van der Waals surface area contributed by atoms with Crippen LogP contribution in [-0.4, -0.2) is 73.0 Å². The third kappa shape index (κ3) is 5.26. The zero-order chi connectivity index (χ0) is 15.4. The van der Waals surface area contributed by atoms with Gasteiger partial charge in [-0.2, -0.15) is 0 Å². The Hall–Kier alpha value is -0.610. The average molecular weight is 295 g/mol. The van der Waals surface area contributed by atoms with Gasteiger partial charge in [0.25, 0.3) is 0 Å². The van der Waals surface area contributed by atoms with E-state index < -0.39 is 0 Å². The molecule has 0 spiro atoms. The number of likely N-dealkylation sites (tertiary alicyclic amines) is 1. The summed E-state index contributed by atoms with van der Waals surface area (Å²) in [6.07, 6.45) is 1.26. The molecule has 122 valence electrons. The van der Waals surface area contributed by atoms with Gasteiger partial charge in [0.1, 0.15) is 0 Å². The molecule has 0 aromatic heterocycles. The highest BCUT2D eigenvalue weighted by Gasteiger charge is 2.27. The van der Waals surface area contributed by atoms with Crippen LogP contribution in [0.2, 0.25) is 0 Å². The van der Waals surface area contributed by atoms with Crippen LogP contribution < -0.4 is 0 Å². The molecule has 0 aromatic carbocycles. The molecule has 21 heavy (non-hydrogen) atoms. The van der Waals surface area contributed by atoms with Crippen molar-refractivity contribution in [3.63, 3.8) is 0 Å². The molecule has 2 fully saturated rings. The van der Waals surface area contributed by atoms with E-state index in [1.54, 1.807) is 0 Å². The minimum atomic E-state index is 0.339. The lowest BCUT2D eigenvalue weighted by Gasteiger charge is -2.38. The van der Waals surface area contributed by atoms with Crippen LogP contribution in [0.15, 0.2) is 0 Å². The van der Waals surface area contributed by atoms with Crippen molar-refractivity contribution < 1.29 is 4.79 Å². The Bertz CT molecular complexity index is 327. The highest BCUT2D eigenvalue weighted by molar-refractivity contribution is 5.78. The normalized spacial score (nSPS) is 29.1. The largest absolute Gasteiger partial charge is 0.341 e. The fourth-order valence-electron chi connectivity index (χ4n) is 3.80. The van der Waals surface area contributed by atoms with Crippen molar-refractivity contribution in [3.05, 3.63) is 0 Å². The van der Waals surface area contributed by atoms with Gasteiger partial charge in [-0.15, -0.1) is 0 Å². The quantitative estimate of drug-likeness (QED) is 0.791. The summed E-state index contributed by atoms with van der Waals surface area (Å²) >= 11 is 0. The van der Waals surface area contributed by atoms with Crippen molar-refractivity contribution in [1.29, 1.82) is 0 Å². The molecule has 0 N–H and O–H groups in total. The predicted octanol–water partition coefficient (Wildman–Crippen LogP) is 1.76. The van der Waals surface area contributed by atoms with Gasteiger partial charge < -0.3 is 9.80 Å². The second kappa shape index (κ2) is 7.59. The molecule has 0 radical (unpaired) electrons. The van der Waals surface area contributed by atoms with Crippen molar-refractivity contribution in [1.82, 2.24) is 14.7 Å². The minimum absolute atomic E-state index is 0.339. The first-order valence-corrected chi connectivity index (χ1v) is 8.66. The topological polar surface area (TPSA) is 26.8 Å². The molecule has 0 aliphatic carbocycles. The molecule has 0 bridgehead atoms. The van der Waals surface area contributed by atoms with Gasteiger partial charge in [-0.3, -0.25) is 9.69 Å². The van der Waals surface area contributed by atoms with E-state index in [2.05, 4.69) is 42.4 Å². The molecule has 2 rings (SSSR count). The van der Waals surface area contributed by atoms with Crippen LogP contribution >= 0.6 is 0 Å². The van der Waals surface area contributed by atoms with Crippen LogP contribution in [0.25, 0.3) is 0 Å². The lowest BCUT2D eigenvalue weighted by atomic mass is 9.92.